The first-order valence-corrected chi connectivity index (χ1v) is 6.87. The second-order valence-corrected chi connectivity index (χ2v) is 6.71. The first kappa shape index (κ1) is 16.0. The minimum absolute atomic E-state index is 0.0197. The first-order valence-electron chi connectivity index (χ1n) is 6.87. The van der Waals surface area contributed by atoms with Crippen molar-refractivity contribution >= 4 is 11.9 Å². The lowest BCUT2D eigenvalue weighted by Gasteiger charge is -2.23. The van der Waals surface area contributed by atoms with Crippen molar-refractivity contribution in [1.82, 2.24) is 5.32 Å². The molecule has 1 aliphatic carbocycles. The first-order chi connectivity index (χ1) is 8.69. The third-order valence-corrected chi connectivity index (χ3v) is 3.51. The van der Waals surface area contributed by atoms with E-state index in [1.807, 2.05) is 20.8 Å². The van der Waals surface area contributed by atoms with Crippen LogP contribution in [0.4, 0.5) is 0 Å². The van der Waals surface area contributed by atoms with E-state index < -0.39 is 18.0 Å². The van der Waals surface area contributed by atoms with E-state index in [0.717, 1.165) is 0 Å². The molecule has 1 fully saturated rings. The van der Waals surface area contributed by atoms with Crippen LogP contribution in [0.15, 0.2) is 0 Å². The molecule has 1 amide bonds. The number of carboxylic acids is 1. The van der Waals surface area contributed by atoms with E-state index in [4.69, 9.17) is 5.11 Å². The lowest BCUT2D eigenvalue weighted by Crippen LogP contribution is -2.37. The minimum Gasteiger partial charge on any atom is -0.481 e. The highest BCUT2D eigenvalue weighted by molar-refractivity contribution is 5.80. The van der Waals surface area contributed by atoms with Crippen LogP contribution in [-0.2, 0) is 9.59 Å². The third-order valence-electron chi connectivity index (χ3n) is 3.51. The summed E-state index contributed by atoms with van der Waals surface area (Å²) < 4.78 is 0. The highest BCUT2D eigenvalue weighted by Crippen LogP contribution is 2.31. The number of carbonyl (C=O) groups excluding carboxylic acids is 1. The molecule has 0 radical (unpaired) electrons. The van der Waals surface area contributed by atoms with Gasteiger partial charge in [0.15, 0.2) is 0 Å². The van der Waals surface area contributed by atoms with Crippen molar-refractivity contribution in [2.24, 2.45) is 17.3 Å². The van der Waals surface area contributed by atoms with Crippen molar-refractivity contribution in [3.8, 4) is 0 Å². The van der Waals surface area contributed by atoms with Gasteiger partial charge in [0.1, 0.15) is 0 Å². The number of hydrogen-bond donors (Lipinski definition) is 3. The second kappa shape index (κ2) is 6.37. The number of carbonyl (C=O) groups is 2. The van der Waals surface area contributed by atoms with Crippen LogP contribution in [0.1, 0.15) is 46.5 Å². The van der Waals surface area contributed by atoms with Gasteiger partial charge in [-0.05, 0) is 31.1 Å². The largest absolute Gasteiger partial charge is 0.481 e. The summed E-state index contributed by atoms with van der Waals surface area (Å²) in [5.74, 6) is -1.56. The molecule has 0 aromatic carbocycles. The molecular formula is C14H25NO4. The van der Waals surface area contributed by atoms with Crippen LogP contribution >= 0.6 is 0 Å². The number of rotatable bonds is 5. The van der Waals surface area contributed by atoms with E-state index in [1.54, 1.807) is 0 Å². The highest BCUT2D eigenvalue weighted by Gasteiger charge is 2.33. The predicted octanol–water partition coefficient (Wildman–Crippen LogP) is 1.40. The summed E-state index contributed by atoms with van der Waals surface area (Å²) in [5.41, 5.74) is 0.0197. The van der Waals surface area contributed by atoms with Gasteiger partial charge in [-0.3, -0.25) is 9.59 Å². The Hall–Kier alpha value is -1.10. The zero-order valence-electron chi connectivity index (χ0n) is 12.0. The van der Waals surface area contributed by atoms with Gasteiger partial charge in [-0.1, -0.05) is 20.8 Å². The van der Waals surface area contributed by atoms with Crippen LogP contribution in [0.3, 0.4) is 0 Å². The van der Waals surface area contributed by atoms with E-state index in [0.29, 0.717) is 25.7 Å². The average Bonchev–Trinajstić information content (AvgIpc) is 2.72. The van der Waals surface area contributed by atoms with Crippen LogP contribution in [-0.4, -0.2) is 34.7 Å². The average molecular weight is 271 g/mol. The monoisotopic (exact) mass is 271 g/mol. The molecule has 0 bridgehead atoms. The Balaban J connectivity index is 2.31. The number of aliphatic hydroxyl groups excluding tert-OH is 1. The summed E-state index contributed by atoms with van der Waals surface area (Å²) in [7, 11) is 0. The van der Waals surface area contributed by atoms with Gasteiger partial charge < -0.3 is 15.5 Å². The summed E-state index contributed by atoms with van der Waals surface area (Å²) in [4.78, 5) is 22.7. The number of nitrogens with one attached hydrogen (secondary N) is 1. The van der Waals surface area contributed by atoms with Gasteiger partial charge in [0.05, 0.1) is 12.0 Å². The Bertz CT molecular complexity index is 335. The maximum Gasteiger partial charge on any atom is 0.306 e. The fraction of sp³-hybridized carbons (Fsp3) is 0.857. The molecule has 0 aliphatic heterocycles. The van der Waals surface area contributed by atoms with Gasteiger partial charge in [0.2, 0.25) is 5.91 Å². The Morgan fingerprint density at radius 1 is 1.26 bits per heavy atom. The van der Waals surface area contributed by atoms with Crippen molar-refractivity contribution in [2.75, 3.05) is 6.54 Å². The zero-order valence-corrected chi connectivity index (χ0v) is 12.0. The summed E-state index contributed by atoms with van der Waals surface area (Å²) in [6, 6.07) is 0. The summed E-state index contributed by atoms with van der Waals surface area (Å²) >= 11 is 0. The zero-order chi connectivity index (χ0) is 14.6. The lowest BCUT2D eigenvalue weighted by atomic mass is 9.89. The Morgan fingerprint density at radius 2 is 1.84 bits per heavy atom. The highest BCUT2D eigenvalue weighted by atomic mass is 16.4. The molecule has 19 heavy (non-hydrogen) atoms. The van der Waals surface area contributed by atoms with E-state index in [9.17, 15) is 14.7 Å². The smallest absolute Gasteiger partial charge is 0.306 e. The second-order valence-electron chi connectivity index (χ2n) is 6.71. The molecule has 5 heteroatoms. The van der Waals surface area contributed by atoms with Gasteiger partial charge in [0, 0.05) is 12.5 Å². The third kappa shape index (κ3) is 5.59. The van der Waals surface area contributed by atoms with Gasteiger partial charge >= 0.3 is 5.97 Å². The van der Waals surface area contributed by atoms with Crippen LogP contribution in [0.2, 0.25) is 0 Å². The van der Waals surface area contributed by atoms with Gasteiger partial charge in [-0.25, -0.2) is 0 Å². The molecule has 110 valence electrons. The van der Waals surface area contributed by atoms with E-state index in [2.05, 4.69) is 5.32 Å². The van der Waals surface area contributed by atoms with Crippen LogP contribution in [0, 0.1) is 17.3 Å². The normalized spacial score (nSPS) is 25.1. The number of aliphatic hydroxyl groups is 1. The number of aliphatic carboxylic acids is 1. The molecule has 0 saturated heterocycles. The van der Waals surface area contributed by atoms with Gasteiger partial charge in [-0.15, -0.1) is 0 Å². The summed E-state index contributed by atoms with van der Waals surface area (Å²) in [6.07, 6.45) is 1.67. The Kier molecular flexibility index (Phi) is 5.35. The van der Waals surface area contributed by atoms with Crippen molar-refractivity contribution in [2.45, 2.75) is 52.6 Å². The number of carboxylic acid groups (broad SMARTS) is 1. The summed E-state index contributed by atoms with van der Waals surface area (Å²) in [5, 5.41) is 21.4. The van der Waals surface area contributed by atoms with Gasteiger partial charge in [0.25, 0.3) is 0 Å². The van der Waals surface area contributed by atoms with Crippen molar-refractivity contribution < 1.29 is 19.8 Å². The predicted molar refractivity (Wildman–Crippen MR) is 71.6 cm³/mol. The molecule has 0 aromatic heterocycles. The molecule has 1 unspecified atom stereocenters. The molecular weight excluding hydrogens is 246 g/mol. The number of amides is 1. The molecule has 1 rings (SSSR count). The molecule has 1 saturated carbocycles. The van der Waals surface area contributed by atoms with Crippen molar-refractivity contribution in [3.63, 3.8) is 0 Å². The van der Waals surface area contributed by atoms with Crippen LogP contribution in [0.25, 0.3) is 0 Å². The van der Waals surface area contributed by atoms with Crippen molar-refractivity contribution in [3.05, 3.63) is 0 Å². The Morgan fingerprint density at radius 3 is 2.32 bits per heavy atom. The molecule has 0 spiro atoms. The molecule has 5 nitrogen and oxygen atoms in total. The lowest BCUT2D eigenvalue weighted by molar-refractivity contribution is -0.141. The SMILES string of the molecule is CC(C)(C)CC(O)CNC(=O)[C@@H]1CC[C@H](C(=O)O)C1. The molecule has 0 heterocycles. The van der Waals surface area contributed by atoms with Gasteiger partial charge in [-0.2, -0.15) is 0 Å². The molecule has 0 aromatic rings. The Labute approximate surface area is 114 Å². The quantitative estimate of drug-likeness (QED) is 0.705. The maximum atomic E-state index is 11.9. The topological polar surface area (TPSA) is 86.6 Å². The van der Waals surface area contributed by atoms with E-state index in [-0.39, 0.29) is 23.8 Å². The molecule has 1 aliphatic rings. The minimum atomic E-state index is -0.817. The summed E-state index contributed by atoms with van der Waals surface area (Å²) in [6.45, 7) is 6.34. The van der Waals surface area contributed by atoms with E-state index >= 15 is 0 Å². The standard InChI is InChI=1S/C14H25NO4/c1-14(2,3)7-11(16)8-15-12(17)9-4-5-10(6-9)13(18)19/h9-11,16H,4-8H2,1-3H3,(H,15,17)(H,18,19)/t9-,10+,11?/m1/s1. The maximum absolute atomic E-state index is 11.9. The van der Waals surface area contributed by atoms with Crippen molar-refractivity contribution in [1.29, 1.82) is 0 Å². The molecule has 3 N–H and O–H groups in total. The van der Waals surface area contributed by atoms with E-state index in [1.165, 1.54) is 0 Å². The fourth-order valence-corrected chi connectivity index (χ4v) is 2.59. The van der Waals surface area contributed by atoms with Crippen LogP contribution < -0.4 is 5.32 Å². The fourth-order valence-electron chi connectivity index (χ4n) is 2.59. The molecule has 3 atom stereocenters. The van der Waals surface area contributed by atoms with Crippen LogP contribution in [0.5, 0.6) is 0 Å². The number of hydrogen-bond acceptors (Lipinski definition) is 3.